The maximum atomic E-state index is 11.8. The van der Waals surface area contributed by atoms with Crippen LogP contribution in [-0.2, 0) is 34.4 Å². The maximum absolute atomic E-state index is 11.8. The van der Waals surface area contributed by atoms with Crippen LogP contribution >= 0.6 is 7.82 Å². The minimum Gasteiger partial charge on any atom is -0.756 e. The lowest BCUT2D eigenvalue weighted by atomic mass is 10.2. The number of phosphoric acid groups is 1. The van der Waals surface area contributed by atoms with Crippen LogP contribution in [0.3, 0.4) is 0 Å². The van der Waals surface area contributed by atoms with Gasteiger partial charge in [0.2, 0.25) is 0 Å². The highest BCUT2D eigenvalue weighted by atomic mass is 31.2. The van der Waals surface area contributed by atoms with Crippen LogP contribution in [0.25, 0.3) is 0 Å². The molecule has 0 heterocycles. The first-order chi connectivity index (χ1) is 12.6. The molecule has 1 aromatic carbocycles. The largest absolute Gasteiger partial charge is 0.756 e. The molecule has 0 N–H and O–H groups in total. The molecule has 0 aliphatic heterocycles. The molecule has 27 heavy (non-hydrogen) atoms. The van der Waals surface area contributed by atoms with Gasteiger partial charge in [0.15, 0.2) is 6.10 Å². The summed E-state index contributed by atoms with van der Waals surface area (Å²) in [6.45, 7) is 0.240. The fourth-order valence-corrected chi connectivity index (χ4v) is 2.55. The molecule has 0 saturated carbocycles. The average Bonchev–Trinajstić information content (AvgIpc) is 2.59. The summed E-state index contributed by atoms with van der Waals surface area (Å²) < 4.78 is 36.9. The second kappa shape index (κ2) is 11.4. The lowest BCUT2D eigenvalue weighted by Crippen LogP contribution is -2.37. The SMILES string of the molecule is COC(=O)OC(COCc1ccccc1)COP(=O)([O-])OCC[N+](C)(C)C. The molecule has 0 aliphatic rings. The molecule has 0 saturated heterocycles. The average molecular weight is 405 g/mol. The van der Waals surface area contributed by atoms with Crippen molar-refractivity contribution in [2.75, 3.05) is 54.6 Å². The van der Waals surface area contributed by atoms with Crippen molar-refractivity contribution in [2.45, 2.75) is 12.7 Å². The van der Waals surface area contributed by atoms with Crippen molar-refractivity contribution >= 4 is 14.0 Å². The Balaban J connectivity index is 2.47. The monoisotopic (exact) mass is 405 g/mol. The second-order valence-electron chi connectivity index (χ2n) is 6.78. The van der Waals surface area contributed by atoms with Crippen LogP contribution in [0.1, 0.15) is 5.56 Å². The van der Waals surface area contributed by atoms with Gasteiger partial charge in [-0.1, -0.05) is 30.3 Å². The van der Waals surface area contributed by atoms with E-state index < -0.39 is 26.7 Å². The third kappa shape index (κ3) is 11.8. The Labute approximate surface area is 159 Å². The normalized spacial score (nSPS) is 15.0. The first kappa shape index (κ1) is 23.6. The third-order valence-electron chi connectivity index (χ3n) is 3.27. The van der Waals surface area contributed by atoms with Crippen molar-refractivity contribution in [2.24, 2.45) is 0 Å². The highest BCUT2D eigenvalue weighted by Gasteiger charge is 2.20. The molecule has 1 rings (SSSR count). The molecule has 0 radical (unpaired) electrons. The van der Waals surface area contributed by atoms with Crippen LogP contribution in [-0.4, -0.2) is 71.4 Å². The van der Waals surface area contributed by atoms with Crippen molar-refractivity contribution in [3.63, 3.8) is 0 Å². The van der Waals surface area contributed by atoms with Crippen molar-refractivity contribution in [3.8, 4) is 0 Å². The molecule has 2 unspecified atom stereocenters. The van der Waals surface area contributed by atoms with Gasteiger partial charge >= 0.3 is 6.16 Å². The van der Waals surface area contributed by atoms with Crippen LogP contribution in [0.15, 0.2) is 30.3 Å². The van der Waals surface area contributed by atoms with E-state index in [1.807, 2.05) is 51.5 Å². The number of carbonyl (C=O) groups excluding carboxylic acids is 1. The number of nitrogens with zero attached hydrogens (tertiary/aromatic N) is 1. The highest BCUT2D eigenvalue weighted by Crippen LogP contribution is 2.38. The van der Waals surface area contributed by atoms with Crippen molar-refractivity contribution in [1.29, 1.82) is 0 Å². The minimum atomic E-state index is -4.52. The van der Waals surface area contributed by atoms with Crippen LogP contribution < -0.4 is 4.89 Å². The second-order valence-corrected chi connectivity index (χ2v) is 8.20. The van der Waals surface area contributed by atoms with Crippen LogP contribution in [0.5, 0.6) is 0 Å². The van der Waals surface area contributed by atoms with E-state index in [1.54, 1.807) is 0 Å². The summed E-state index contributed by atoms with van der Waals surface area (Å²) in [5.41, 5.74) is 0.924. The van der Waals surface area contributed by atoms with E-state index in [2.05, 4.69) is 4.74 Å². The summed E-state index contributed by atoms with van der Waals surface area (Å²) in [5.74, 6) is 0. The quantitative estimate of drug-likeness (QED) is 0.293. The molecule has 2 atom stereocenters. The number of hydrogen-bond acceptors (Lipinski definition) is 8. The van der Waals surface area contributed by atoms with Crippen LogP contribution in [0.4, 0.5) is 4.79 Å². The molecule has 0 aromatic heterocycles. The summed E-state index contributed by atoms with van der Waals surface area (Å²) in [6, 6.07) is 9.36. The lowest BCUT2D eigenvalue weighted by molar-refractivity contribution is -0.870. The number of quaternary nitrogens is 1. The first-order valence-electron chi connectivity index (χ1n) is 8.38. The molecule has 0 amide bonds. The van der Waals surface area contributed by atoms with Gasteiger partial charge in [-0.3, -0.25) is 4.57 Å². The fourth-order valence-electron chi connectivity index (χ4n) is 1.82. The molecule has 0 fully saturated rings. The number of carbonyl (C=O) groups is 1. The topological polar surface area (TPSA) is 103 Å². The molecule has 10 heteroatoms. The Morgan fingerprint density at radius 3 is 2.41 bits per heavy atom. The highest BCUT2D eigenvalue weighted by molar-refractivity contribution is 7.45. The summed E-state index contributed by atoms with van der Waals surface area (Å²) in [4.78, 5) is 23.2. The molecule has 0 aliphatic carbocycles. The summed E-state index contributed by atoms with van der Waals surface area (Å²) in [7, 11) is 2.35. The number of benzene rings is 1. The number of ether oxygens (including phenoxy) is 3. The number of rotatable bonds is 12. The number of likely N-dealkylation sites (N-methyl/N-ethyl adjacent to an activating group) is 1. The summed E-state index contributed by atoms with van der Waals surface area (Å²) in [5, 5.41) is 0. The lowest BCUT2D eigenvalue weighted by Gasteiger charge is -2.28. The smallest absolute Gasteiger partial charge is 0.508 e. The molecule has 0 spiro atoms. The van der Waals surface area contributed by atoms with Gasteiger partial charge in [0.1, 0.15) is 13.2 Å². The van der Waals surface area contributed by atoms with Gasteiger partial charge in [-0.05, 0) is 5.56 Å². The van der Waals surface area contributed by atoms with E-state index in [-0.39, 0.29) is 19.8 Å². The Hall–Kier alpha value is -1.48. The molecule has 0 bridgehead atoms. The van der Waals surface area contributed by atoms with Crippen molar-refractivity contribution in [3.05, 3.63) is 35.9 Å². The minimum absolute atomic E-state index is 0.0166. The zero-order valence-corrected chi connectivity index (χ0v) is 17.1. The Morgan fingerprint density at radius 2 is 1.81 bits per heavy atom. The summed E-state index contributed by atoms with van der Waals surface area (Å²) in [6.07, 6.45) is -1.93. The molecule has 1 aromatic rings. The maximum Gasteiger partial charge on any atom is 0.508 e. The number of methoxy groups -OCH3 is 1. The van der Waals surface area contributed by atoms with Gasteiger partial charge < -0.3 is 32.6 Å². The Bertz CT molecular complexity index is 605. The van der Waals surface area contributed by atoms with E-state index in [0.29, 0.717) is 11.0 Å². The first-order valence-corrected chi connectivity index (χ1v) is 9.84. The summed E-state index contributed by atoms with van der Waals surface area (Å²) >= 11 is 0. The van der Waals surface area contributed by atoms with Gasteiger partial charge in [-0.2, -0.15) is 0 Å². The van der Waals surface area contributed by atoms with Gasteiger partial charge in [-0.25, -0.2) is 4.79 Å². The predicted molar refractivity (Wildman–Crippen MR) is 95.8 cm³/mol. The number of phosphoric ester groups is 1. The molecule has 154 valence electrons. The van der Waals surface area contributed by atoms with E-state index in [4.69, 9.17) is 18.5 Å². The van der Waals surface area contributed by atoms with E-state index in [0.717, 1.165) is 12.7 Å². The van der Waals surface area contributed by atoms with E-state index >= 15 is 0 Å². The standard InChI is InChI=1S/C17H28NO8P/c1-18(2,3)10-11-24-27(20,21)25-14-16(26-17(19)22-4)13-23-12-15-8-6-5-7-9-15/h5-9,16H,10-14H2,1-4H3. The third-order valence-corrected chi connectivity index (χ3v) is 4.24. The molecular formula is C17H28NO8P. The molecular weight excluding hydrogens is 377 g/mol. The van der Waals surface area contributed by atoms with Gasteiger partial charge in [0, 0.05) is 0 Å². The van der Waals surface area contributed by atoms with Crippen molar-refractivity contribution in [1.82, 2.24) is 0 Å². The van der Waals surface area contributed by atoms with E-state index in [1.165, 1.54) is 0 Å². The van der Waals surface area contributed by atoms with Gasteiger partial charge in [-0.15, -0.1) is 0 Å². The Kier molecular flexibility index (Phi) is 9.93. The predicted octanol–water partition coefficient (Wildman–Crippen LogP) is 1.56. The van der Waals surface area contributed by atoms with E-state index in [9.17, 15) is 14.3 Å². The number of hydrogen-bond donors (Lipinski definition) is 0. The van der Waals surface area contributed by atoms with Crippen LogP contribution in [0.2, 0.25) is 0 Å². The van der Waals surface area contributed by atoms with Gasteiger partial charge in [0.25, 0.3) is 7.82 Å². The zero-order valence-electron chi connectivity index (χ0n) is 16.2. The zero-order chi connectivity index (χ0) is 20.3. The molecule has 9 nitrogen and oxygen atoms in total. The fraction of sp³-hybridized carbons (Fsp3) is 0.588. The Morgan fingerprint density at radius 1 is 1.15 bits per heavy atom. The van der Waals surface area contributed by atoms with Crippen molar-refractivity contribution < 1.29 is 42.0 Å². The van der Waals surface area contributed by atoms with Gasteiger partial charge in [0.05, 0.1) is 48.1 Å². The van der Waals surface area contributed by atoms with Crippen LogP contribution in [0, 0.1) is 0 Å².